The third-order valence-electron chi connectivity index (χ3n) is 4.13. The van der Waals surface area contributed by atoms with E-state index < -0.39 is 0 Å². The van der Waals surface area contributed by atoms with Crippen molar-refractivity contribution in [3.63, 3.8) is 0 Å². The fourth-order valence-electron chi connectivity index (χ4n) is 2.96. The molecule has 6 heteroatoms. The molecule has 1 N–H and O–H groups in total. The van der Waals surface area contributed by atoms with Gasteiger partial charge in [0.15, 0.2) is 0 Å². The van der Waals surface area contributed by atoms with E-state index in [9.17, 15) is 5.11 Å². The quantitative estimate of drug-likeness (QED) is 0.832. The van der Waals surface area contributed by atoms with Gasteiger partial charge in [0, 0.05) is 38.5 Å². The largest absolute Gasteiger partial charge is 0.396 e. The molecule has 0 radical (unpaired) electrons. The second-order valence-corrected chi connectivity index (χ2v) is 5.35. The number of hydrogen-bond donors (Lipinski definition) is 1. The van der Waals surface area contributed by atoms with Gasteiger partial charge in [0.25, 0.3) is 0 Å². The van der Waals surface area contributed by atoms with Gasteiger partial charge in [0.2, 0.25) is 0 Å². The number of ether oxygens (including phenoxy) is 1. The molecule has 0 saturated carbocycles. The van der Waals surface area contributed by atoms with Crippen LogP contribution in [0.4, 0.5) is 0 Å². The third kappa shape index (κ3) is 2.80. The van der Waals surface area contributed by atoms with Crippen LogP contribution in [0.2, 0.25) is 0 Å². The summed E-state index contributed by atoms with van der Waals surface area (Å²) >= 11 is 0. The lowest BCUT2D eigenvalue weighted by molar-refractivity contribution is 0.0381. The van der Waals surface area contributed by atoms with Crippen molar-refractivity contribution in [3.05, 3.63) is 11.6 Å². The van der Waals surface area contributed by atoms with Crippen molar-refractivity contribution in [1.82, 2.24) is 19.7 Å². The van der Waals surface area contributed by atoms with Crippen molar-refractivity contribution in [1.29, 1.82) is 0 Å². The lowest BCUT2D eigenvalue weighted by Crippen LogP contribution is -2.37. The van der Waals surface area contributed by atoms with Crippen molar-refractivity contribution >= 4 is 0 Å². The highest BCUT2D eigenvalue weighted by atomic mass is 16.5. The molecule has 0 aliphatic carbocycles. The van der Waals surface area contributed by atoms with Crippen LogP contribution in [-0.2, 0) is 17.7 Å². The monoisotopic (exact) mass is 266 g/mol. The highest BCUT2D eigenvalue weighted by Crippen LogP contribution is 2.25. The molecule has 1 aromatic rings. The van der Waals surface area contributed by atoms with Gasteiger partial charge in [0.1, 0.15) is 11.6 Å². The van der Waals surface area contributed by atoms with Crippen LogP contribution in [-0.4, -0.2) is 64.2 Å². The fraction of sp³-hybridized carbons (Fsp3) is 0.846. The van der Waals surface area contributed by atoms with Crippen LogP contribution < -0.4 is 0 Å². The van der Waals surface area contributed by atoms with Crippen molar-refractivity contribution in [2.24, 2.45) is 0 Å². The van der Waals surface area contributed by atoms with E-state index in [1.807, 2.05) is 0 Å². The fourth-order valence-corrected chi connectivity index (χ4v) is 2.96. The molecule has 1 fully saturated rings. The maximum Gasteiger partial charge on any atom is 0.138 e. The van der Waals surface area contributed by atoms with E-state index >= 15 is 0 Å². The summed E-state index contributed by atoms with van der Waals surface area (Å²) in [5, 5.41) is 18.0. The van der Waals surface area contributed by atoms with Crippen LogP contribution >= 0.6 is 0 Å². The molecule has 0 amide bonds. The second-order valence-electron chi connectivity index (χ2n) is 5.35. The molecule has 106 valence electrons. The lowest BCUT2D eigenvalue weighted by Gasteiger charge is -2.27. The Hall–Kier alpha value is -0.980. The highest BCUT2D eigenvalue weighted by molar-refractivity contribution is 5.05. The molecule has 0 spiro atoms. The molecular formula is C13H22N4O2. The molecule has 0 aromatic carbocycles. The Balaban J connectivity index is 1.63. The summed E-state index contributed by atoms with van der Waals surface area (Å²) < 4.78 is 7.57. The first-order valence-corrected chi connectivity index (χ1v) is 7.21. The number of hydrogen-bond acceptors (Lipinski definition) is 5. The zero-order valence-electron chi connectivity index (χ0n) is 11.3. The molecule has 1 atom stereocenters. The summed E-state index contributed by atoms with van der Waals surface area (Å²) in [7, 11) is 0. The average molecular weight is 266 g/mol. The summed E-state index contributed by atoms with van der Waals surface area (Å²) in [6.07, 6.45) is 3.07. The van der Waals surface area contributed by atoms with Gasteiger partial charge in [-0.2, -0.15) is 0 Å². The Morgan fingerprint density at radius 3 is 2.84 bits per heavy atom. The average Bonchev–Trinajstić information content (AvgIpc) is 2.89. The van der Waals surface area contributed by atoms with E-state index in [0.717, 1.165) is 70.3 Å². The molecule has 2 aliphatic heterocycles. The molecule has 0 bridgehead atoms. The summed E-state index contributed by atoms with van der Waals surface area (Å²) in [4.78, 5) is 2.41. The molecular weight excluding hydrogens is 244 g/mol. The number of morpholine rings is 1. The number of nitrogens with zero attached hydrogens (tertiary/aromatic N) is 4. The van der Waals surface area contributed by atoms with E-state index in [2.05, 4.69) is 19.7 Å². The standard InChI is InChI=1S/C13H22N4O2/c18-10-11-2-1-4-17-12(14-15-13(11)17)3-5-16-6-8-19-9-7-16/h11,18H,1-10H2. The van der Waals surface area contributed by atoms with Crippen LogP contribution in [0.25, 0.3) is 0 Å². The van der Waals surface area contributed by atoms with Gasteiger partial charge in [-0.1, -0.05) is 0 Å². The third-order valence-corrected chi connectivity index (χ3v) is 4.13. The van der Waals surface area contributed by atoms with Crippen LogP contribution in [0.1, 0.15) is 30.4 Å². The summed E-state index contributed by atoms with van der Waals surface area (Å²) in [5.41, 5.74) is 0. The first-order valence-electron chi connectivity index (χ1n) is 7.21. The van der Waals surface area contributed by atoms with Crippen molar-refractivity contribution in [2.75, 3.05) is 39.5 Å². The first-order chi connectivity index (χ1) is 9.38. The molecule has 6 nitrogen and oxygen atoms in total. The number of rotatable bonds is 4. The Morgan fingerprint density at radius 2 is 2.05 bits per heavy atom. The van der Waals surface area contributed by atoms with Crippen LogP contribution in [0.5, 0.6) is 0 Å². The maximum absolute atomic E-state index is 9.38. The minimum absolute atomic E-state index is 0.179. The molecule has 2 aliphatic rings. The minimum Gasteiger partial charge on any atom is -0.396 e. The van der Waals surface area contributed by atoms with Gasteiger partial charge < -0.3 is 14.4 Å². The van der Waals surface area contributed by atoms with E-state index in [0.29, 0.717) is 0 Å². The number of fused-ring (bicyclic) bond motifs is 1. The first kappa shape index (κ1) is 13.0. The maximum atomic E-state index is 9.38. The molecule has 3 rings (SSSR count). The summed E-state index contributed by atoms with van der Waals surface area (Å²) in [6, 6.07) is 0. The topological polar surface area (TPSA) is 63.4 Å². The Morgan fingerprint density at radius 1 is 1.21 bits per heavy atom. The second kappa shape index (κ2) is 5.98. The zero-order chi connectivity index (χ0) is 13.1. The zero-order valence-corrected chi connectivity index (χ0v) is 11.3. The minimum atomic E-state index is 0.179. The molecule has 1 saturated heterocycles. The lowest BCUT2D eigenvalue weighted by atomic mass is 10.00. The van der Waals surface area contributed by atoms with Gasteiger partial charge >= 0.3 is 0 Å². The Bertz CT molecular complexity index is 415. The summed E-state index contributed by atoms with van der Waals surface area (Å²) in [5.74, 6) is 2.23. The van der Waals surface area contributed by atoms with Gasteiger partial charge in [-0.3, -0.25) is 4.90 Å². The van der Waals surface area contributed by atoms with Gasteiger partial charge in [-0.25, -0.2) is 0 Å². The molecule has 1 unspecified atom stereocenters. The smallest absolute Gasteiger partial charge is 0.138 e. The van der Waals surface area contributed by atoms with E-state index in [-0.39, 0.29) is 12.5 Å². The van der Waals surface area contributed by atoms with Gasteiger partial charge in [-0.15, -0.1) is 10.2 Å². The van der Waals surface area contributed by atoms with Crippen molar-refractivity contribution < 1.29 is 9.84 Å². The van der Waals surface area contributed by atoms with Gasteiger partial charge in [0.05, 0.1) is 19.8 Å². The Kier molecular flexibility index (Phi) is 4.10. The number of aromatic nitrogens is 3. The van der Waals surface area contributed by atoms with Crippen LogP contribution in [0.15, 0.2) is 0 Å². The number of aliphatic hydroxyl groups is 1. The van der Waals surface area contributed by atoms with Crippen LogP contribution in [0, 0.1) is 0 Å². The molecule has 3 heterocycles. The normalized spacial score (nSPS) is 24.4. The van der Waals surface area contributed by atoms with Crippen molar-refractivity contribution in [3.8, 4) is 0 Å². The SMILES string of the molecule is OCC1CCCn2c(CCN3CCOCC3)nnc21. The van der Waals surface area contributed by atoms with E-state index in [1.54, 1.807) is 0 Å². The Labute approximate surface area is 113 Å². The van der Waals surface area contributed by atoms with E-state index in [4.69, 9.17) is 4.74 Å². The summed E-state index contributed by atoms with van der Waals surface area (Å²) in [6.45, 7) is 5.90. The van der Waals surface area contributed by atoms with Gasteiger partial charge in [-0.05, 0) is 12.8 Å². The highest BCUT2D eigenvalue weighted by Gasteiger charge is 2.24. The number of aliphatic hydroxyl groups excluding tert-OH is 1. The molecule has 19 heavy (non-hydrogen) atoms. The molecule has 1 aromatic heterocycles. The predicted molar refractivity (Wildman–Crippen MR) is 70.0 cm³/mol. The predicted octanol–water partition coefficient (Wildman–Crippen LogP) is 0.0225. The van der Waals surface area contributed by atoms with Crippen molar-refractivity contribution in [2.45, 2.75) is 31.7 Å². The van der Waals surface area contributed by atoms with E-state index in [1.165, 1.54) is 0 Å². The van der Waals surface area contributed by atoms with Crippen LogP contribution in [0.3, 0.4) is 0 Å².